The number of carbonyl (C=O) groups excluding carboxylic acids is 2. The molecule has 2 aromatic rings. The van der Waals surface area contributed by atoms with E-state index in [2.05, 4.69) is 5.32 Å². The van der Waals surface area contributed by atoms with Gasteiger partial charge in [0.25, 0.3) is 0 Å². The van der Waals surface area contributed by atoms with Gasteiger partial charge in [-0.05, 0) is 13.0 Å². The highest BCUT2D eigenvalue weighted by molar-refractivity contribution is 7.17. The van der Waals surface area contributed by atoms with E-state index in [1.807, 2.05) is 29.6 Å². The molecule has 0 aliphatic carbocycles. The van der Waals surface area contributed by atoms with Crippen molar-refractivity contribution in [2.45, 2.75) is 13.3 Å². The Morgan fingerprint density at radius 3 is 2.89 bits per heavy atom. The van der Waals surface area contributed by atoms with Crippen molar-refractivity contribution in [3.05, 3.63) is 29.6 Å². The van der Waals surface area contributed by atoms with Gasteiger partial charge in [0.2, 0.25) is 5.91 Å². The van der Waals surface area contributed by atoms with Crippen molar-refractivity contribution in [2.24, 2.45) is 0 Å². The Hall–Kier alpha value is -1.88. The van der Waals surface area contributed by atoms with Crippen molar-refractivity contribution in [3.8, 4) is 0 Å². The number of carbonyl (C=O) groups is 2. The third kappa shape index (κ3) is 2.87. The van der Waals surface area contributed by atoms with E-state index in [-0.39, 0.29) is 18.9 Å². The summed E-state index contributed by atoms with van der Waals surface area (Å²) in [5.74, 6) is -0.855. The molecule has 0 bridgehead atoms. The zero-order valence-electron chi connectivity index (χ0n) is 9.93. The molecule has 1 aromatic heterocycles. The first-order chi connectivity index (χ1) is 8.70. The molecule has 0 aliphatic rings. The molecule has 0 unspecified atom stereocenters. The normalized spacial score (nSPS) is 10.3. The molecular weight excluding hydrogens is 250 g/mol. The molecule has 94 valence electrons. The SMILES string of the molecule is CCOC(=O)CC(=O)Nc1csc2ccccc12. The summed E-state index contributed by atoms with van der Waals surface area (Å²) in [6.07, 6.45) is -0.252. The van der Waals surface area contributed by atoms with E-state index in [1.165, 1.54) is 0 Å². The average molecular weight is 263 g/mol. The number of thiophene rings is 1. The van der Waals surface area contributed by atoms with Crippen LogP contribution in [0.25, 0.3) is 10.1 Å². The van der Waals surface area contributed by atoms with Crippen molar-refractivity contribution in [3.63, 3.8) is 0 Å². The average Bonchev–Trinajstić information content (AvgIpc) is 2.73. The van der Waals surface area contributed by atoms with Crippen molar-refractivity contribution in [2.75, 3.05) is 11.9 Å². The van der Waals surface area contributed by atoms with E-state index in [0.717, 1.165) is 15.8 Å². The Bertz CT molecular complexity index is 576. The number of hydrogen-bond donors (Lipinski definition) is 1. The van der Waals surface area contributed by atoms with Crippen LogP contribution in [0.3, 0.4) is 0 Å². The second-order valence-corrected chi connectivity index (χ2v) is 4.59. The fourth-order valence-electron chi connectivity index (χ4n) is 1.61. The van der Waals surface area contributed by atoms with Gasteiger partial charge in [-0.25, -0.2) is 0 Å². The molecule has 5 heteroatoms. The van der Waals surface area contributed by atoms with Gasteiger partial charge in [0, 0.05) is 15.5 Å². The Morgan fingerprint density at radius 2 is 2.11 bits per heavy atom. The number of fused-ring (bicyclic) bond motifs is 1. The fraction of sp³-hybridized carbons (Fsp3) is 0.231. The number of hydrogen-bond acceptors (Lipinski definition) is 4. The highest BCUT2D eigenvalue weighted by atomic mass is 32.1. The van der Waals surface area contributed by atoms with Crippen LogP contribution < -0.4 is 5.32 Å². The molecule has 18 heavy (non-hydrogen) atoms. The first-order valence-electron chi connectivity index (χ1n) is 5.62. The fourth-order valence-corrected chi connectivity index (χ4v) is 2.50. The smallest absolute Gasteiger partial charge is 0.315 e. The second-order valence-electron chi connectivity index (χ2n) is 3.68. The minimum atomic E-state index is -0.505. The summed E-state index contributed by atoms with van der Waals surface area (Å²) in [6, 6.07) is 7.78. The first-order valence-corrected chi connectivity index (χ1v) is 6.50. The quantitative estimate of drug-likeness (QED) is 0.681. The van der Waals surface area contributed by atoms with Crippen LogP contribution in [0, 0.1) is 0 Å². The van der Waals surface area contributed by atoms with E-state index in [9.17, 15) is 9.59 Å². The Kier molecular flexibility index (Phi) is 3.94. The monoisotopic (exact) mass is 263 g/mol. The summed E-state index contributed by atoms with van der Waals surface area (Å²) >= 11 is 1.55. The van der Waals surface area contributed by atoms with Gasteiger partial charge in [-0.1, -0.05) is 18.2 Å². The van der Waals surface area contributed by atoms with Crippen LogP contribution >= 0.6 is 11.3 Å². The standard InChI is InChI=1S/C13H13NO3S/c1-2-17-13(16)7-12(15)14-10-8-18-11-6-4-3-5-9(10)11/h3-6,8H,2,7H2,1H3,(H,14,15). The van der Waals surface area contributed by atoms with Gasteiger partial charge in [0.05, 0.1) is 12.3 Å². The van der Waals surface area contributed by atoms with Crippen LogP contribution in [0.1, 0.15) is 13.3 Å². The molecular formula is C13H13NO3S. The van der Waals surface area contributed by atoms with E-state index >= 15 is 0 Å². The van der Waals surface area contributed by atoms with Crippen LogP contribution in [0.2, 0.25) is 0 Å². The summed E-state index contributed by atoms with van der Waals surface area (Å²) in [5.41, 5.74) is 0.741. The molecule has 0 radical (unpaired) electrons. The van der Waals surface area contributed by atoms with Crippen LogP contribution in [0.4, 0.5) is 5.69 Å². The first kappa shape index (κ1) is 12.6. The molecule has 1 amide bonds. The summed E-state index contributed by atoms with van der Waals surface area (Å²) in [5, 5.41) is 5.58. The molecule has 4 nitrogen and oxygen atoms in total. The molecule has 1 heterocycles. The zero-order valence-corrected chi connectivity index (χ0v) is 10.8. The molecule has 0 fully saturated rings. The maximum atomic E-state index is 11.6. The van der Waals surface area contributed by atoms with Gasteiger partial charge >= 0.3 is 5.97 Å². The second kappa shape index (κ2) is 5.64. The maximum absolute atomic E-state index is 11.6. The number of esters is 1. The Balaban J connectivity index is 2.05. The highest BCUT2D eigenvalue weighted by Gasteiger charge is 2.12. The third-order valence-electron chi connectivity index (χ3n) is 2.37. The summed E-state index contributed by atoms with van der Waals surface area (Å²) < 4.78 is 5.82. The van der Waals surface area contributed by atoms with Crippen molar-refractivity contribution in [1.82, 2.24) is 0 Å². The molecule has 0 saturated heterocycles. The zero-order chi connectivity index (χ0) is 13.0. The lowest BCUT2D eigenvalue weighted by Crippen LogP contribution is -2.17. The maximum Gasteiger partial charge on any atom is 0.315 e. The number of ether oxygens (including phenoxy) is 1. The topological polar surface area (TPSA) is 55.4 Å². The number of benzene rings is 1. The number of nitrogens with one attached hydrogen (secondary N) is 1. The van der Waals surface area contributed by atoms with Gasteiger partial charge in [0.1, 0.15) is 6.42 Å². The van der Waals surface area contributed by atoms with Crippen LogP contribution in [0.15, 0.2) is 29.6 Å². The predicted molar refractivity (Wildman–Crippen MR) is 71.7 cm³/mol. The predicted octanol–water partition coefficient (Wildman–Crippen LogP) is 2.79. The van der Waals surface area contributed by atoms with Gasteiger partial charge in [-0.3, -0.25) is 9.59 Å². The van der Waals surface area contributed by atoms with Crippen LogP contribution in [-0.4, -0.2) is 18.5 Å². The minimum absolute atomic E-state index is 0.252. The van der Waals surface area contributed by atoms with Gasteiger partial charge in [0.15, 0.2) is 0 Å². The summed E-state index contributed by atoms with van der Waals surface area (Å²) in [7, 11) is 0. The summed E-state index contributed by atoms with van der Waals surface area (Å²) in [6.45, 7) is 2.00. The number of rotatable bonds is 4. The number of amides is 1. The lowest BCUT2D eigenvalue weighted by molar-refractivity contribution is -0.145. The van der Waals surface area contributed by atoms with Crippen molar-refractivity contribution < 1.29 is 14.3 Å². The summed E-state index contributed by atoms with van der Waals surface area (Å²) in [4.78, 5) is 22.8. The van der Waals surface area contributed by atoms with Crippen molar-refractivity contribution in [1.29, 1.82) is 0 Å². The molecule has 0 saturated carbocycles. The van der Waals surface area contributed by atoms with E-state index in [4.69, 9.17) is 4.74 Å². The van der Waals surface area contributed by atoms with Gasteiger partial charge in [-0.15, -0.1) is 11.3 Å². The van der Waals surface area contributed by atoms with Crippen LogP contribution in [0.5, 0.6) is 0 Å². The molecule has 0 spiro atoms. The lowest BCUT2D eigenvalue weighted by Gasteiger charge is -2.03. The molecule has 0 atom stereocenters. The lowest BCUT2D eigenvalue weighted by atomic mass is 10.2. The minimum Gasteiger partial charge on any atom is -0.466 e. The van der Waals surface area contributed by atoms with E-state index in [1.54, 1.807) is 18.3 Å². The van der Waals surface area contributed by atoms with Gasteiger partial charge < -0.3 is 10.1 Å². The molecule has 2 rings (SSSR count). The van der Waals surface area contributed by atoms with E-state index in [0.29, 0.717) is 0 Å². The molecule has 0 aliphatic heterocycles. The molecule has 1 N–H and O–H groups in total. The Labute approximate surface area is 109 Å². The molecule has 1 aromatic carbocycles. The van der Waals surface area contributed by atoms with Crippen LogP contribution in [-0.2, 0) is 14.3 Å². The van der Waals surface area contributed by atoms with E-state index < -0.39 is 5.97 Å². The number of anilines is 1. The largest absolute Gasteiger partial charge is 0.466 e. The Morgan fingerprint density at radius 1 is 1.33 bits per heavy atom. The third-order valence-corrected chi connectivity index (χ3v) is 3.33. The van der Waals surface area contributed by atoms with Crippen molar-refractivity contribution >= 4 is 39.0 Å². The highest BCUT2D eigenvalue weighted by Crippen LogP contribution is 2.29. The van der Waals surface area contributed by atoms with Gasteiger partial charge in [-0.2, -0.15) is 0 Å².